The smallest absolute Gasteiger partial charge is 0.416 e. The molecule has 4 rings (SSSR count). The molecule has 10 heteroatoms. The quantitative estimate of drug-likeness (QED) is 0.221. The fourth-order valence-electron chi connectivity index (χ4n) is 3.54. The van der Waals surface area contributed by atoms with Gasteiger partial charge in [-0.15, -0.1) is 0 Å². The number of hydrogen-bond donors (Lipinski definition) is 1. The van der Waals surface area contributed by atoms with Crippen molar-refractivity contribution in [1.29, 1.82) is 0 Å². The fraction of sp³-hybridized carbons (Fsp3) is 0.160. The molecule has 35 heavy (non-hydrogen) atoms. The molecule has 1 amide bonds. The third-order valence-electron chi connectivity index (χ3n) is 5.16. The lowest BCUT2D eigenvalue weighted by Gasteiger charge is -2.15. The van der Waals surface area contributed by atoms with Crippen LogP contribution in [-0.2, 0) is 17.6 Å². The van der Waals surface area contributed by atoms with Crippen LogP contribution in [0, 0.1) is 3.57 Å². The number of benzene rings is 3. The zero-order valence-electron chi connectivity index (χ0n) is 18.1. The van der Waals surface area contributed by atoms with E-state index in [1.165, 1.54) is 6.07 Å². The molecule has 0 bridgehead atoms. The van der Waals surface area contributed by atoms with E-state index in [2.05, 4.69) is 27.9 Å². The number of carbonyl (C=O) groups excluding carboxylic acids is 1. The van der Waals surface area contributed by atoms with Crippen LogP contribution in [-0.4, -0.2) is 12.5 Å². The normalized spacial score (nSPS) is 14.1. The summed E-state index contributed by atoms with van der Waals surface area (Å²) in [5, 5.41) is 3.51. The van der Waals surface area contributed by atoms with Crippen molar-refractivity contribution < 1.29 is 27.4 Å². The Morgan fingerprint density at radius 1 is 1.06 bits per heavy atom. The monoisotopic (exact) mass is 633 g/mol. The Morgan fingerprint density at radius 3 is 2.51 bits per heavy atom. The number of ether oxygens (including phenoxy) is 2. The molecule has 0 spiro atoms. The number of amides is 1. The molecule has 0 aromatic heterocycles. The molecule has 0 fully saturated rings. The fourth-order valence-corrected chi connectivity index (χ4v) is 4.79. The van der Waals surface area contributed by atoms with E-state index >= 15 is 0 Å². The molecule has 3 aromatic carbocycles. The highest BCUT2D eigenvalue weighted by Gasteiger charge is 2.33. The molecule has 0 saturated carbocycles. The Labute approximate surface area is 223 Å². The van der Waals surface area contributed by atoms with Gasteiger partial charge in [-0.2, -0.15) is 13.2 Å². The van der Waals surface area contributed by atoms with E-state index in [1.807, 2.05) is 6.92 Å². The summed E-state index contributed by atoms with van der Waals surface area (Å²) in [5.74, 6) is 0.485. The van der Waals surface area contributed by atoms with Crippen LogP contribution in [0.25, 0.3) is 11.6 Å². The van der Waals surface area contributed by atoms with Gasteiger partial charge in [0.05, 0.1) is 15.7 Å². The molecule has 0 aliphatic carbocycles. The first-order valence-electron chi connectivity index (χ1n) is 10.3. The van der Waals surface area contributed by atoms with Crippen molar-refractivity contribution in [3.63, 3.8) is 0 Å². The number of halogens is 6. The van der Waals surface area contributed by atoms with Crippen molar-refractivity contribution in [2.45, 2.75) is 19.7 Å². The minimum absolute atomic E-state index is 0.121. The molecule has 182 valence electrons. The van der Waals surface area contributed by atoms with Crippen LogP contribution < -0.4 is 14.8 Å². The van der Waals surface area contributed by atoms with Crippen LogP contribution in [0.1, 0.15) is 29.2 Å². The van der Waals surface area contributed by atoms with Crippen LogP contribution in [0.3, 0.4) is 0 Å². The molecule has 0 radical (unpaired) electrons. The van der Waals surface area contributed by atoms with Crippen molar-refractivity contribution in [1.82, 2.24) is 0 Å². The van der Waals surface area contributed by atoms with Gasteiger partial charge in [0.1, 0.15) is 6.61 Å². The molecule has 1 aliphatic rings. The van der Waals surface area contributed by atoms with Crippen molar-refractivity contribution in [2.24, 2.45) is 0 Å². The summed E-state index contributed by atoms with van der Waals surface area (Å²) in [6.45, 7) is 2.39. The first-order valence-corrected chi connectivity index (χ1v) is 12.2. The maximum absolute atomic E-state index is 13.0. The van der Waals surface area contributed by atoms with E-state index in [0.29, 0.717) is 39.3 Å². The molecule has 1 heterocycles. The highest BCUT2D eigenvalue weighted by atomic mass is 127. The highest BCUT2D eigenvalue weighted by Crippen LogP contribution is 2.40. The summed E-state index contributed by atoms with van der Waals surface area (Å²) < 4.78 is 51.6. The number of carbonyl (C=O) groups is 1. The van der Waals surface area contributed by atoms with Crippen LogP contribution >= 0.6 is 45.8 Å². The minimum Gasteiger partial charge on any atom is -0.490 e. The zero-order chi connectivity index (χ0) is 25.3. The van der Waals surface area contributed by atoms with Crippen molar-refractivity contribution in [3.8, 4) is 11.5 Å². The average Bonchev–Trinajstić information content (AvgIpc) is 3.08. The Kier molecular flexibility index (Phi) is 7.54. The maximum Gasteiger partial charge on any atom is 0.416 e. The number of anilines is 1. The molecule has 3 aromatic rings. The average molecular weight is 634 g/mol. The van der Waals surface area contributed by atoms with Gasteiger partial charge in [0.25, 0.3) is 5.91 Å². The van der Waals surface area contributed by atoms with E-state index in [9.17, 15) is 18.0 Å². The van der Waals surface area contributed by atoms with Crippen LogP contribution in [0.4, 0.5) is 18.9 Å². The molecule has 1 N–H and O–H groups in total. The second-order valence-electron chi connectivity index (χ2n) is 7.56. The second-order valence-corrected chi connectivity index (χ2v) is 9.56. The Bertz CT molecular complexity index is 1340. The predicted octanol–water partition coefficient (Wildman–Crippen LogP) is 8.09. The second kappa shape index (κ2) is 10.3. The van der Waals surface area contributed by atoms with Crippen LogP contribution in [0.15, 0.2) is 48.5 Å². The van der Waals surface area contributed by atoms with Gasteiger partial charge in [-0.3, -0.25) is 4.79 Å². The van der Waals surface area contributed by atoms with Gasteiger partial charge in [0, 0.05) is 32.4 Å². The molecule has 0 saturated heterocycles. The molecular formula is C25H17Cl2F3INO3. The van der Waals surface area contributed by atoms with E-state index in [4.69, 9.17) is 32.7 Å². The van der Waals surface area contributed by atoms with E-state index in [1.54, 1.807) is 36.4 Å². The topological polar surface area (TPSA) is 47.6 Å². The van der Waals surface area contributed by atoms with Crippen molar-refractivity contribution in [2.75, 3.05) is 11.9 Å². The summed E-state index contributed by atoms with van der Waals surface area (Å²) >= 11 is 14.3. The molecular weight excluding hydrogens is 617 g/mol. The van der Waals surface area contributed by atoms with E-state index in [-0.39, 0.29) is 17.9 Å². The number of rotatable bonds is 6. The number of alkyl halides is 3. The number of fused-ring (bicyclic) bond motifs is 1. The third kappa shape index (κ3) is 5.70. The van der Waals surface area contributed by atoms with Gasteiger partial charge in [-0.05, 0) is 77.6 Å². The zero-order valence-corrected chi connectivity index (χ0v) is 21.8. The molecule has 0 unspecified atom stereocenters. The van der Waals surface area contributed by atoms with Crippen molar-refractivity contribution >= 4 is 69.0 Å². The predicted molar refractivity (Wildman–Crippen MR) is 139 cm³/mol. The summed E-state index contributed by atoms with van der Waals surface area (Å²) in [7, 11) is 0. The van der Waals surface area contributed by atoms with Gasteiger partial charge in [0.15, 0.2) is 11.5 Å². The first-order chi connectivity index (χ1) is 16.6. The highest BCUT2D eigenvalue weighted by molar-refractivity contribution is 14.1. The maximum atomic E-state index is 13.0. The van der Waals surface area contributed by atoms with E-state index in [0.717, 1.165) is 21.3 Å². The standard InChI is InChI=1S/C25H17Cl2F3INO3/c1-2-34-22-9-13(8-20(31)23(22)35-12-14-3-5-16(26)11-19(14)27)7-18-17-6-4-15(25(28,29)30)10-21(17)32-24(18)33/h3-11H,2,12H2,1H3,(H,32,33)/b18-7-. The summed E-state index contributed by atoms with van der Waals surface area (Å²) in [6.07, 6.45) is -2.89. The van der Waals surface area contributed by atoms with Gasteiger partial charge in [-0.1, -0.05) is 35.3 Å². The summed E-state index contributed by atoms with van der Waals surface area (Å²) in [4.78, 5) is 12.5. The van der Waals surface area contributed by atoms with Gasteiger partial charge < -0.3 is 14.8 Å². The van der Waals surface area contributed by atoms with Gasteiger partial charge in [0.2, 0.25) is 0 Å². The summed E-state index contributed by atoms with van der Waals surface area (Å²) in [5.41, 5.74) is 1.33. The van der Waals surface area contributed by atoms with Crippen LogP contribution in [0.5, 0.6) is 11.5 Å². The van der Waals surface area contributed by atoms with Gasteiger partial charge >= 0.3 is 6.18 Å². The Balaban J connectivity index is 1.66. The molecule has 4 nitrogen and oxygen atoms in total. The Morgan fingerprint density at radius 2 is 1.83 bits per heavy atom. The van der Waals surface area contributed by atoms with E-state index < -0.39 is 17.6 Å². The van der Waals surface area contributed by atoms with Crippen LogP contribution in [0.2, 0.25) is 10.0 Å². The van der Waals surface area contributed by atoms with Crippen molar-refractivity contribution in [3.05, 3.63) is 84.4 Å². The SMILES string of the molecule is CCOc1cc(/C=C2\C(=O)Nc3cc(C(F)(F)F)ccc32)cc(I)c1OCc1ccc(Cl)cc1Cl. The minimum atomic E-state index is -4.50. The summed E-state index contributed by atoms with van der Waals surface area (Å²) in [6, 6.07) is 11.8. The first kappa shape index (κ1) is 25.7. The third-order valence-corrected chi connectivity index (χ3v) is 6.55. The number of nitrogens with one attached hydrogen (secondary N) is 1. The lowest BCUT2D eigenvalue weighted by atomic mass is 10.0. The number of hydrogen-bond acceptors (Lipinski definition) is 3. The Hall–Kier alpha value is -2.43. The lowest BCUT2D eigenvalue weighted by molar-refractivity contribution is -0.137. The molecule has 0 atom stereocenters. The largest absolute Gasteiger partial charge is 0.490 e. The van der Waals surface area contributed by atoms with Gasteiger partial charge in [-0.25, -0.2) is 0 Å². The lowest BCUT2D eigenvalue weighted by Crippen LogP contribution is -2.06. The molecule has 1 aliphatic heterocycles.